The van der Waals surface area contributed by atoms with E-state index in [2.05, 4.69) is 0 Å². The van der Waals surface area contributed by atoms with E-state index in [0.29, 0.717) is 11.4 Å². The number of ketones is 2. The zero-order valence-corrected chi connectivity index (χ0v) is 18.9. The molecule has 0 amide bonds. The molecule has 2 aliphatic heterocycles. The van der Waals surface area contributed by atoms with E-state index in [1.807, 2.05) is 9.80 Å². The van der Waals surface area contributed by atoms with E-state index in [1.165, 1.54) is 24.3 Å². The predicted molar refractivity (Wildman–Crippen MR) is 127 cm³/mol. The zero-order chi connectivity index (χ0) is 24.0. The van der Waals surface area contributed by atoms with E-state index < -0.39 is 17.3 Å². The Balaban J connectivity index is 1.48. The number of carbonyl (C=O) groups excluding carboxylic acids is 2. The van der Waals surface area contributed by atoms with Crippen molar-refractivity contribution in [1.82, 2.24) is 4.90 Å². The topological polar surface area (TPSA) is 122 Å². The van der Waals surface area contributed by atoms with Crippen molar-refractivity contribution in [2.75, 3.05) is 31.1 Å². The van der Waals surface area contributed by atoms with Crippen LogP contribution >= 0.6 is 0 Å². The monoisotopic (exact) mass is 464 g/mol. The average molecular weight is 465 g/mol. The molecule has 2 heterocycles. The van der Waals surface area contributed by atoms with Crippen molar-refractivity contribution in [1.29, 1.82) is 0 Å². The smallest absolute Gasteiger partial charge is 0.202 e. The van der Waals surface area contributed by atoms with Crippen molar-refractivity contribution < 1.29 is 30.0 Å². The van der Waals surface area contributed by atoms with Gasteiger partial charge < -0.3 is 30.2 Å². The third kappa shape index (κ3) is 3.63. The highest BCUT2D eigenvalue weighted by molar-refractivity contribution is 6.42. The molecule has 0 spiro atoms. The summed E-state index contributed by atoms with van der Waals surface area (Å²) in [6, 6.07) is 2.94. The molecule has 4 aliphatic rings. The van der Waals surface area contributed by atoms with Crippen LogP contribution in [0.15, 0.2) is 52.6 Å². The van der Waals surface area contributed by atoms with Gasteiger partial charge in [-0.2, -0.15) is 0 Å². The zero-order valence-electron chi connectivity index (χ0n) is 18.9. The molecule has 0 bridgehead atoms. The molecule has 0 unspecified atom stereocenters. The van der Waals surface area contributed by atoms with Gasteiger partial charge in [-0.1, -0.05) is 0 Å². The first kappa shape index (κ1) is 22.1. The number of phenolic OH excluding ortho intramolecular Hbond substituents is 2. The van der Waals surface area contributed by atoms with Crippen LogP contribution in [0.2, 0.25) is 0 Å². The van der Waals surface area contributed by atoms with Crippen molar-refractivity contribution in [2.24, 2.45) is 0 Å². The van der Waals surface area contributed by atoms with Crippen LogP contribution in [-0.4, -0.2) is 63.1 Å². The highest BCUT2D eigenvalue weighted by Gasteiger charge is 2.42. The van der Waals surface area contributed by atoms with Crippen molar-refractivity contribution >= 4 is 22.8 Å². The summed E-state index contributed by atoms with van der Waals surface area (Å²) in [6.45, 7) is 3.19. The lowest BCUT2D eigenvalue weighted by Crippen LogP contribution is -2.32. The molecular formula is C26H28N2O6. The number of carbonyl (C=O) groups is 2. The maximum absolute atomic E-state index is 13.0. The Morgan fingerprint density at radius 2 is 1.21 bits per heavy atom. The van der Waals surface area contributed by atoms with E-state index in [9.17, 15) is 30.0 Å². The molecule has 178 valence electrons. The van der Waals surface area contributed by atoms with Crippen LogP contribution in [0.5, 0.6) is 11.5 Å². The van der Waals surface area contributed by atoms with Crippen molar-refractivity contribution in [3.8, 4) is 11.5 Å². The van der Waals surface area contributed by atoms with Crippen LogP contribution in [0.4, 0.5) is 5.69 Å². The van der Waals surface area contributed by atoms with Gasteiger partial charge in [0.1, 0.15) is 23.0 Å². The number of aliphatic hydroxyl groups is 2. The Kier molecular flexibility index (Phi) is 5.59. The maximum Gasteiger partial charge on any atom is 0.202 e. The second-order valence-corrected chi connectivity index (χ2v) is 9.22. The SMILES string of the molecule is O=C1C=C(N2CCCCC2)C=C(O)/C1=C1/C(=O)C(c2c(O)cc(N3CCCCC3)cc2O)=C1O. The first-order chi connectivity index (χ1) is 16.4. The standard InChI is InChI=1S/C26H28N2O6/c29-17-11-15(27-7-3-1-4-8-27)12-18(30)21(17)23-25(33)24(26(23)34)22-19(31)13-16(14-20(22)32)28-9-5-2-6-10-28/h11-14,29-31,33H,1-10H2/b24-22-. The normalized spacial score (nSPS) is 23.6. The lowest BCUT2D eigenvalue weighted by atomic mass is 9.78. The lowest BCUT2D eigenvalue weighted by Gasteiger charge is -2.32. The van der Waals surface area contributed by atoms with Crippen LogP contribution < -0.4 is 4.90 Å². The number of benzene rings is 1. The summed E-state index contributed by atoms with van der Waals surface area (Å²) in [5.41, 5.74) is 0.212. The molecule has 2 saturated heterocycles. The number of phenols is 2. The molecule has 0 radical (unpaired) electrons. The van der Waals surface area contributed by atoms with Crippen LogP contribution in [0.3, 0.4) is 0 Å². The number of anilines is 1. The fourth-order valence-electron chi connectivity index (χ4n) is 5.23. The summed E-state index contributed by atoms with van der Waals surface area (Å²) in [5.74, 6) is -2.85. The number of likely N-dealkylation sites (tertiary alicyclic amines) is 1. The van der Waals surface area contributed by atoms with Gasteiger partial charge in [0.25, 0.3) is 0 Å². The molecule has 5 rings (SSSR count). The first-order valence-corrected chi connectivity index (χ1v) is 11.8. The summed E-state index contributed by atoms with van der Waals surface area (Å²) >= 11 is 0. The summed E-state index contributed by atoms with van der Waals surface area (Å²) in [5, 5.41) is 42.5. The summed E-state index contributed by atoms with van der Waals surface area (Å²) in [4.78, 5) is 29.9. The number of aromatic hydroxyl groups is 2. The fraction of sp³-hybridized carbons (Fsp3) is 0.385. The third-order valence-electron chi connectivity index (χ3n) is 7.02. The Hall–Kier alpha value is -3.68. The number of allylic oxidation sites excluding steroid dienone is 5. The maximum atomic E-state index is 13.0. The van der Waals surface area contributed by atoms with Crippen LogP contribution in [0, 0.1) is 0 Å². The Morgan fingerprint density at radius 3 is 1.74 bits per heavy atom. The van der Waals surface area contributed by atoms with Gasteiger partial charge in [0, 0.05) is 61.8 Å². The second-order valence-electron chi connectivity index (χ2n) is 9.22. The summed E-state index contributed by atoms with van der Waals surface area (Å²) in [7, 11) is 0. The molecule has 0 saturated carbocycles. The number of Topliss-reactive ketones (excluding diaryl/α,β-unsaturated/α-hetero) is 1. The van der Waals surface area contributed by atoms with Gasteiger partial charge in [0.05, 0.1) is 22.3 Å². The molecule has 1 aromatic carbocycles. The third-order valence-corrected chi connectivity index (χ3v) is 7.02. The summed E-state index contributed by atoms with van der Waals surface area (Å²) in [6.07, 6.45) is 9.11. The largest absolute Gasteiger partial charge is 0.507 e. The molecule has 4 N–H and O–H groups in total. The van der Waals surface area contributed by atoms with E-state index in [4.69, 9.17) is 0 Å². The average Bonchev–Trinajstić information content (AvgIpc) is 2.84. The minimum absolute atomic E-state index is 0.177. The molecule has 0 atom stereocenters. The van der Waals surface area contributed by atoms with Gasteiger partial charge in [0.2, 0.25) is 5.78 Å². The van der Waals surface area contributed by atoms with E-state index in [1.54, 1.807) is 0 Å². The predicted octanol–water partition coefficient (Wildman–Crippen LogP) is 3.63. The van der Waals surface area contributed by atoms with Crippen molar-refractivity contribution in [3.05, 3.63) is 58.2 Å². The Morgan fingerprint density at radius 1 is 0.647 bits per heavy atom. The first-order valence-electron chi connectivity index (χ1n) is 11.8. The van der Waals surface area contributed by atoms with E-state index in [0.717, 1.165) is 64.7 Å². The number of aliphatic hydroxyl groups excluding tert-OH is 2. The fourth-order valence-corrected chi connectivity index (χ4v) is 5.23. The molecule has 1 aromatic rings. The van der Waals surface area contributed by atoms with Gasteiger partial charge in [-0.05, 0) is 38.5 Å². The van der Waals surface area contributed by atoms with Crippen molar-refractivity contribution in [2.45, 2.75) is 38.5 Å². The molecule has 2 aliphatic carbocycles. The van der Waals surface area contributed by atoms with Gasteiger partial charge in [-0.15, -0.1) is 0 Å². The lowest BCUT2D eigenvalue weighted by molar-refractivity contribution is -0.114. The van der Waals surface area contributed by atoms with E-state index >= 15 is 0 Å². The van der Waals surface area contributed by atoms with E-state index in [-0.39, 0.29) is 39.5 Å². The number of hydrogen-bond donors (Lipinski definition) is 4. The van der Waals surface area contributed by atoms with Gasteiger partial charge in [-0.25, -0.2) is 0 Å². The Bertz CT molecular complexity index is 1170. The molecule has 34 heavy (non-hydrogen) atoms. The van der Waals surface area contributed by atoms with Gasteiger partial charge in [0.15, 0.2) is 5.78 Å². The second kappa shape index (κ2) is 8.59. The minimum atomic E-state index is -0.716. The van der Waals surface area contributed by atoms with Crippen LogP contribution in [-0.2, 0) is 9.59 Å². The van der Waals surface area contributed by atoms with Crippen LogP contribution in [0.25, 0.3) is 5.57 Å². The number of piperidine rings is 2. The number of hydrogen-bond acceptors (Lipinski definition) is 8. The number of nitrogens with zero attached hydrogens (tertiary/aromatic N) is 2. The molecule has 2 fully saturated rings. The highest BCUT2D eigenvalue weighted by atomic mass is 16.3. The summed E-state index contributed by atoms with van der Waals surface area (Å²) < 4.78 is 0. The van der Waals surface area contributed by atoms with Gasteiger partial charge >= 0.3 is 0 Å². The molecule has 0 aromatic heterocycles. The minimum Gasteiger partial charge on any atom is -0.507 e. The molecule has 8 heteroatoms. The molecular weight excluding hydrogens is 436 g/mol. The Labute approximate surface area is 197 Å². The van der Waals surface area contributed by atoms with Crippen LogP contribution in [0.1, 0.15) is 44.1 Å². The van der Waals surface area contributed by atoms with Crippen molar-refractivity contribution in [3.63, 3.8) is 0 Å². The van der Waals surface area contributed by atoms with Gasteiger partial charge in [-0.3, -0.25) is 9.59 Å². The highest BCUT2D eigenvalue weighted by Crippen LogP contribution is 2.47. The number of rotatable bonds is 3. The molecule has 8 nitrogen and oxygen atoms in total. The quantitative estimate of drug-likeness (QED) is 0.501.